The highest BCUT2D eigenvalue weighted by molar-refractivity contribution is 5.96. The van der Waals surface area contributed by atoms with E-state index >= 15 is 0 Å². The molecule has 5 heteroatoms. The first-order valence-electron chi connectivity index (χ1n) is 6.38. The van der Waals surface area contributed by atoms with Crippen LogP contribution < -0.4 is 0 Å². The van der Waals surface area contributed by atoms with Crippen LogP contribution in [0.4, 0.5) is 4.39 Å². The number of hydrogen-bond acceptors (Lipinski definition) is 3. The molecule has 0 heterocycles. The average molecular weight is 267 g/mol. The first-order chi connectivity index (χ1) is 8.91. The number of phenolic OH excluding ortho intramolecular Hbond substituents is 1. The highest BCUT2D eigenvalue weighted by Crippen LogP contribution is 2.30. The zero-order valence-corrected chi connectivity index (χ0v) is 10.9. The Kier molecular flexibility index (Phi) is 3.75. The number of amides is 1. The van der Waals surface area contributed by atoms with Crippen LogP contribution in [0, 0.1) is 5.82 Å². The smallest absolute Gasteiger partial charge is 0.257 e. The first-order valence-corrected chi connectivity index (χ1v) is 6.38. The molecule has 19 heavy (non-hydrogen) atoms. The molecule has 1 amide bonds. The lowest BCUT2D eigenvalue weighted by atomic mass is 10.0. The number of rotatable bonds is 3. The third kappa shape index (κ3) is 3.04. The van der Waals surface area contributed by atoms with Crippen molar-refractivity contribution in [2.45, 2.75) is 31.3 Å². The largest absolute Gasteiger partial charge is 0.507 e. The Morgan fingerprint density at radius 1 is 1.42 bits per heavy atom. The zero-order chi connectivity index (χ0) is 14.0. The van der Waals surface area contributed by atoms with Crippen LogP contribution in [0.5, 0.6) is 5.75 Å². The van der Waals surface area contributed by atoms with Crippen molar-refractivity contribution in [1.82, 2.24) is 4.90 Å². The van der Waals surface area contributed by atoms with Crippen LogP contribution in [0.25, 0.3) is 0 Å². The fourth-order valence-electron chi connectivity index (χ4n) is 2.59. The maximum atomic E-state index is 13.1. The molecule has 1 aromatic rings. The molecule has 4 nitrogen and oxygen atoms in total. The summed E-state index contributed by atoms with van der Waals surface area (Å²) in [7, 11) is 1.54. The summed E-state index contributed by atoms with van der Waals surface area (Å²) in [5.74, 6) is -1.32. The number of carbonyl (C=O) groups excluding carboxylic acids is 1. The van der Waals surface area contributed by atoms with Crippen molar-refractivity contribution >= 4 is 5.91 Å². The minimum atomic E-state index is -0.854. The topological polar surface area (TPSA) is 60.8 Å². The maximum absolute atomic E-state index is 13.1. The molecule has 0 saturated heterocycles. The number of phenols is 1. The number of nitrogens with zero attached hydrogens (tertiary/aromatic N) is 1. The molecular weight excluding hydrogens is 249 g/mol. The molecule has 1 aliphatic carbocycles. The fourth-order valence-corrected chi connectivity index (χ4v) is 2.59. The predicted molar refractivity (Wildman–Crippen MR) is 68.4 cm³/mol. The molecule has 1 aliphatic rings. The lowest BCUT2D eigenvalue weighted by Gasteiger charge is -2.28. The molecule has 0 spiro atoms. The summed E-state index contributed by atoms with van der Waals surface area (Å²) in [4.78, 5) is 13.5. The molecule has 0 aromatic heterocycles. The number of aliphatic hydroxyl groups is 1. The highest BCUT2D eigenvalue weighted by atomic mass is 19.1. The summed E-state index contributed by atoms with van der Waals surface area (Å²) in [6.45, 7) is 0.196. The third-order valence-electron chi connectivity index (χ3n) is 3.60. The van der Waals surface area contributed by atoms with Crippen molar-refractivity contribution in [2.24, 2.45) is 0 Å². The summed E-state index contributed by atoms with van der Waals surface area (Å²) in [6.07, 6.45) is 3.23. The summed E-state index contributed by atoms with van der Waals surface area (Å²) >= 11 is 0. The van der Waals surface area contributed by atoms with Crippen LogP contribution in [0.15, 0.2) is 18.2 Å². The molecule has 104 valence electrons. The van der Waals surface area contributed by atoms with E-state index in [1.165, 1.54) is 4.90 Å². The molecule has 1 aromatic carbocycles. The van der Waals surface area contributed by atoms with E-state index in [0.29, 0.717) is 12.8 Å². The van der Waals surface area contributed by atoms with Gasteiger partial charge in [0.2, 0.25) is 0 Å². The van der Waals surface area contributed by atoms with E-state index in [4.69, 9.17) is 0 Å². The van der Waals surface area contributed by atoms with E-state index in [9.17, 15) is 19.4 Å². The second kappa shape index (κ2) is 5.17. The Hall–Kier alpha value is -1.62. The van der Waals surface area contributed by atoms with Gasteiger partial charge in [0.25, 0.3) is 5.91 Å². The molecule has 1 saturated carbocycles. The predicted octanol–water partition coefficient (Wildman–Crippen LogP) is 1.91. The lowest BCUT2D eigenvalue weighted by molar-refractivity contribution is 0.0155. The van der Waals surface area contributed by atoms with Gasteiger partial charge >= 0.3 is 0 Å². The van der Waals surface area contributed by atoms with E-state index in [-0.39, 0.29) is 17.9 Å². The summed E-state index contributed by atoms with van der Waals surface area (Å²) in [6, 6.07) is 3.25. The zero-order valence-electron chi connectivity index (χ0n) is 10.9. The van der Waals surface area contributed by atoms with Gasteiger partial charge in [0.05, 0.1) is 11.2 Å². The monoisotopic (exact) mass is 267 g/mol. The van der Waals surface area contributed by atoms with Gasteiger partial charge in [-0.15, -0.1) is 0 Å². The molecule has 0 bridgehead atoms. The number of aromatic hydroxyl groups is 1. The summed E-state index contributed by atoms with van der Waals surface area (Å²) in [5.41, 5.74) is -0.933. The SMILES string of the molecule is CN(CC1(O)CCCC1)C(=O)c1cc(F)ccc1O. The Balaban J connectivity index is 2.12. The summed E-state index contributed by atoms with van der Waals surface area (Å²) < 4.78 is 13.1. The van der Waals surface area contributed by atoms with Crippen molar-refractivity contribution in [3.05, 3.63) is 29.6 Å². The number of hydrogen-bond donors (Lipinski definition) is 2. The molecule has 1 fully saturated rings. The van der Waals surface area contributed by atoms with Crippen LogP contribution in [-0.2, 0) is 0 Å². The third-order valence-corrected chi connectivity index (χ3v) is 3.60. The van der Waals surface area contributed by atoms with Gasteiger partial charge in [-0.3, -0.25) is 4.79 Å². The fraction of sp³-hybridized carbons (Fsp3) is 0.500. The van der Waals surface area contributed by atoms with Gasteiger partial charge < -0.3 is 15.1 Å². The quantitative estimate of drug-likeness (QED) is 0.879. The molecule has 2 N–H and O–H groups in total. The standard InChI is InChI=1S/C14H18FNO3/c1-16(9-14(19)6-2-3-7-14)13(18)11-8-10(15)4-5-12(11)17/h4-5,8,17,19H,2-3,6-7,9H2,1H3. The Morgan fingerprint density at radius 2 is 2.05 bits per heavy atom. The Bertz CT molecular complexity index is 484. The van der Waals surface area contributed by atoms with E-state index in [0.717, 1.165) is 31.0 Å². The number of carbonyl (C=O) groups is 1. The number of benzene rings is 1. The number of halogens is 1. The maximum Gasteiger partial charge on any atom is 0.257 e. The van der Waals surface area contributed by atoms with Gasteiger partial charge in [-0.2, -0.15) is 0 Å². The van der Waals surface area contributed by atoms with E-state index in [1.54, 1.807) is 7.05 Å². The van der Waals surface area contributed by atoms with Gasteiger partial charge in [-0.1, -0.05) is 12.8 Å². The van der Waals surface area contributed by atoms with Crippen LogP contribution in [0.2, 0.25) is 0 Å². The molecule has 0 unspecified atom stereocenters. The molecule has 0 radical (unpaired) electrons. The van der Waals surface area contributed by atoms with Crippen molar-refractivity contribution in [3.8, 4) is 5.75 Å². The highest BCUT2D eigenvalue weighted by Gasteiger charge is 2.34. The van der Waals surface area contributed by atoms with Crippen molar-refractivity contribution in [3.63, 3.8) is 0 Å². The van der Waals surface area contributed by atoms with Crippen molar-refractivity contribution < 1.29 is 19.4 Å². The average Bonchev–Trinajstić information content (AvgIpc) is 2.78. The van der Waals surface area contributed by atoms with Gasteiger partial charge in [0.1, 0.15) is 11.6 Å². The van der Waals surface area contributed by atoms with Crippen LogP contribution in [-0.4, -0.2) is 40.2 Å². The van der Waals surface area contributed by atoms with E-state index in [1.807, 2.05) is 0 Å². The van der Waals surface area contributed by atoms with Gasteiger partial charge in [-0.25, -0.2) is 4.39 Å². The normalized spacial score (nSPS) is 17.4. The van der Waals surface area contributed by atoms with E-state index in [2.05, 4.69) is 0 Å². The van der Waals surface area contributed by atoms with Gasteiger partial charge in [0.15, 0.2) is 0 Å². The number of likely N-dealkylation sites (N-methyl/N-ethyl adjacent to an activating group) is 1. The first kappa shape index (κ1) is 13.8. The molecule has 2 rings (SSSR count). The van der Waals surface area contributed by atoms with Crippen molar-refractivity contribution in [1.29, 1.82) is 0 Å². The van der Waals surface area contributed by atoms with E-state index < -0.39 is 17.3 Å². The van der Waals surface area contributed by atoms with Crippen molar-refractivity contribution in [2.75, 3.05) is 13.6 Å². The lowest BCUT2D eigenvalue weighted by Crippen LogP contribution is -2.42. The Labute approximate surface area is 111 Å². The summed E-state index contributed by atoms with van der Waals surface area (Å²) in [5, 5.41) is 19.9. The second-order valence-electron chi connectivity index (χ2n) is 5.25. The molecule has 0 aliphatic heterocycles. The molecule has 0 atom stereocenters. The minimum absolute atomic E-state index is 0.0795. The van der Waals surface area contributed by atoms with Gasteiger partial charge in [-0.05, 0) is 31.0 Å². The van der Waals surface area contributed by atoms with Gasteiger partial charge in [0, 0.05) is 13.6 Å². The Morgan fingerprint density at radius 3 is 2.68 bits per heavy atom. The minimum Gasteiger partial charge on any atom is -0.507 e. The van der Waals surface area contributed by atoms with Crippen LogP contribution in [0.1, 0.15) is 36.0 Å². The van der Waals surface area contributed by atoms with Crippen LogP contribution in [0.3, 0.4) is 0 Å². The second-order valence-corrected chi connectivity index (χ2v) is 5.25. The van der Waals surface area contributed by atoms with Crippen LogP contribution >= 0.6 is 0 Å². The molecular formula is C14H18FNO3.